The molecule has 0 fully saturated rings. The van der Waals surface area contributed by atoms with Crippen molar-refractivity contribution >= 4 is 45.6 Å². The first kappa shape index (κ1) is 16.2. The highest BCUT2D eigenvalue weighted by Crippen LogP contribution is 2.24. The maximum Gasteiger partial charge on any atom is 0.270 e. The van der Waals surface area contributed by atoms with Gasteiger partial charge in [-0.2, -0.15) is 0 Å². The average Bonchev–Trinajstić information content (AvgIpc) is 2.50. The summed E-state index contributed by atoms with van der Waals surface area (Å²) >= 11 is 2.19. The largest absolute Gasteiger partial charge is 0.387 e. The molecule has 2 aromatic rings. The average molecular weight is 411 g/mol. The molecular weight excluding hydrogens is 397 g/mol. The molecule has 0 aliphatic rings. The van der Waals surface area contributed by atoms with Crippen molar-refractivity contribution in [1.82, 2.24) is 0 Å². The van der Waals surface area contributed by atoms with Gasteiger partial charge in [-0.1, -0.05) is 6.07 Å². The maximum absolute atomic E-state index is 12.4. The van der Waals surface area contributed by atoms with Gasteiger partial charge >= 0.3 is 0 Å². The number of hydrogen-bond donors (Lipinski definition) is 2. The monoisotopic (exact) mass is 411 g/mol. The molecule has 114 valence electrons. The van der Waals surface area contributed by atoms with Gasteiger partial charge in [-0.05, 0) is 53.3 Å². The lowest BCUT2D eigenvalue weighted by Crippen LogP contribution is -2.14. The molecule has 2 aromatic carbocycles. The highest BCUT2D eigenvalue weighted by molar-refractivity contribution is 14.1. The van der Waals surface area contributed by atoms with Crippen LogP contribution in [0, 0.1) is 20.6 Å². The Labute approximate surface area is 141 Å². The summed E-state index contributed by atoms with van der Waals surface area (Å²) in [6.07, 6.45) is 0. The lowest BCUT2D eigenvalue weighted by Gasteiger charge is -2.10. The highest BCUT2D eigenvalue weighted by atomic mass is 127. The van der Waals surface area contributed by atoms with Crippen LogP contribution < -0.4 is 10.6 Å². The Morgan fingerprint density at radius 3 is 2.55 bits per heavy atom. The molecule has 0 aliphatic heterocycles. The van der Waals surface area contributed by atoms with Gasteiger partial charge in [0.05, 0.1) is 10.5 Å². The lowest BCUT2D eigenvalue weighted by atomic mass is 10.1. The molecule has 2 N–H and O–H groups in total. The van der Waals surface area contributed by atoms with Gasteiger partial charge in [0.15, 0.2) is 0 Å². The molecule has 0 saturated carbocycles. The molecule has 6 nitrogen and oxygen atoms in total. The SMILES string of the molecule is CNc1ccc([N+](=O)[O-])cc1C(=O)Nc1ccc(C)c(I)c1. The molecule has 0 aliphatic carbocycles. The molecule has 0 unspecified atom stereocenters. The summed E-state index contributed by atoms with van der Waals surface area (Å²) in [5.41, 5.74) is 2.40. The van der Waals surface area contributed by atoms with E-state index < -0.39 is 10.8 Å². The number of halogens is 1. The number of aryl methyl sites for hydroxylation is 1. The number of carbonyl (C=O) groups is 1. The zero-order valence-electron chi connectivity index (χ0n) is 12.0. The van der Waals surface area contributed by atoms with E-state index >= 15 is 0 Å². The molecule has 0 bridgehead atoms. The van der Waals surface area contributed by atoms with E-state index in [1.54, 1.807) is 13.1 Å². The Hall–Kier alpha value is -2.16. The van der Waals surface area contributed by atoms with Crippen molar-refractivity contribution in [3.8, 4) is 0 Å². The van der Waals surface area contributed by atoms with Crippen LogP contribution in [0.3, 0.4) is 0 Å². The Balaban J connectivity index is 2.33. The second kappa shape index (κ2) is 6.73. The van der Waals surface area contributed by atoms with Gasteiger partial charge < -0.3 is 10.6 Å². The normalized spacial score (nSPS) is 10.1. The Morgan fingerprint density at radius 2 is 1.95 bits per heavy atom. The molecule has 0 atom stereocenters. The summed E-state index contributed by atoms with van der Waals surface area (Å²) in [5.74, 6) is -0.396. The number of nitro groups is 1. The molecule has 22 heavy (non-hydrogen) atoms. The van der Waals surface area contributed by atoms with E-state index in [4.69, 9.17) is 0 Å². The summed E-state index contributed by atoms with van der Waals surface area (Å²) in [6, 6.07) is 9.70. The fourth-order valence-corrected chi connectivity index (χ4v) is 2.44. The first-order chi connectivity index (χ1) is 10.4. The van der Waals surface area contributed by atoms with Gasteiger partial charge in [0.2, 0.25) is 0 Å². The van der Waals surface area contributed by atoms with E-state index in [1.165, 1.54) is 18.2 Å². The van der Waals surface area contributed by atoms with Crippen molar-refractivity contribution in [2.24, 2.45) is 0 Å². The smallest absolute Gasteiger partial charge is 0.270 e. The molecular formula is C15H14IN3O3. The zero-order valence-corrected chi connectivity index (χ0v) is 14.2. The quantitative estimate of drug-likeness (QED) is 0.456. The molecule has 0 heterocycles. The third-order valence-electron chi connectivity index (χ3n) is 3.16. The predicted molar refractivity (Wildman–Crippen MR) is 94.5 cm³/mol. The topological polar surface area (TPSA) is 84.3 Å². The molecule has 7 heteroatoms. The number of amides is 1. The molecule has 0 radical (unpaired) electrons. The summed E-state index contributed by atoms with van der Waals surface area (Å²) in [6.45, 7) is 1.98. The first-order valence-electron chi connectivity index (χ1n) is 6.46. The second-order valence-electron chi connectivity index (χ2n) is 4.66. The van der Waals surface area contributed by atoms with Gasteiger partial charge in [0.1, 0.15) is 0 Å². The van der Waals surface area contributed by atoms with Gasteiger partial charge in [-0.25, -0.2) is 0 Å². The van der Waals surface area contributed by atoms with Crippen molar-refractivity contribution in [2.45, 2.75) is 6.92 Å². The summed E-state index contributed by atoms with van der Waals surface area (Å²) in [7, 11) is 1.66. The molecule has 0 saturated heterocycles. The van der Waals surface area contributed by atoms with Crippen LogP contribution in [0.4, 0.5) is 17.1 Å². The number of hydrogen-bond acceptors (Lipinski definition) is 4. The summed E-state index contributed by atoms with van der Waals surface area (Å²) < 4.78 is 1.03. The minimum absolute atomic E-state index is 0.123. The van der Waals surface area contributed by atoms with Crippen LogP contribution in [-0.4, -0.2) is 17.9 Å². The van der Waals surface area contributed by atoms with Gasteiger partial charge in [0, 0.05) is 34.1 Å². The van der Waals surface area contributed by atoms with Crippen LogP contribution in [0.25, 0.3) is 0 Å². The fraction of sp³-hybridized carbons (Fsp3) is 0.133. The van der Waals surface area contributed by atoms with Crippen LogP contribution in [0.2, 0.25) is 0 Å². The maximum atomic E-state index is 12.4. The van der Waals surface area contributed by atoms with E-state index in [9.17, 15) is 14.9 Å². The van der Waals surface area contributed by atoms with Crippen molar-refractivity contribution in [3.05, 3.63) is 61.2 Å². The number of nitrogens with zero attached hydrogens (tertiary/aromatic N) is 1. The number of anilines is 2. The number of nitro benzene ring substituents is 1. The Kier molecular flexibility index (Phi) is 4.96. The van der Waals surface area contributed by atoms with E-state index in [-0.39, 0.29) is 11.3 Å². The first-order valence-corrected chi connectivity index (χ1v) is 7.54. The van der Waals surface area contributed by atoms with Crippen molar-refractivity contribution in [3.63, 3.8) is 0 Å². The van der Waals surface area contributed by atoms with Crippen LogP contribution in [0.1, 0.15) is 15.9 Å². The van der Waals surface area contributed by atoms with E-state index in [1.807, 2.05) is 19.1 Å². The third-order valence-corrected chi connectivity index (χ3v) is 4.32. The van der Waals surface area contributed by atoms with E-state index in [0.29, 0.717) is 11.4 Å². The van der Waals surface area contributed by atoms with Crippen LogP contribution in [0.5, 0.6) is 0 Å². The minimum atomic E-state index is -0.523. The Morgan fingerprint density at radius 1 is 1.23 bits per heavy atom. The van der Waals surface area contributed by atoms with Gasteiger partial charge in [-0.3, -0.25) is 14.9 Å². The van der Waals surface area contributed by atoms with Crippen molar-refractivity contribution < 1.29 is 9.72 Å². The number of nitrogens with one attached hydrogen (secondary N) is 2. The number of non-ortho nitro benzene ring substituents is 1. The number of carbonyl (C=O) groups excluding carboxylic acids is 1. The van der Waals surface area contributed by atoms with E-state index in [2.05, 4.69) is 33.2 Å². The Bertz CT molecular complexity index is 747. The summed E-state index contributed by atoms with van der Waals surface area (Å²) in [5, 5.41) is 16.5. The van der Waals surface area contributed by atoms with E-state index in [0.717, 1.165) is 9.13 Å². The van der Waals surface area contributed by atoms with Crippen molar-refractivity contribution in [2.75, 3.05) is 17.7 Å². The highest BCUT2D eigenvalue weighted by Gasteiger charge is 2.16. The zero-order chi connectivity index (χ0) is 16.3. The van der Waals surface area contributed by atoms with Crippen LogP contribution >= 0.6 is 22.6 Å². The van der Waals surface area contributed by atoms with Gasteiger partial charge in [0.25, 0.3) is 11.6 Å². The lowest BCUT2D eigenvalue weighted by molar-refractivity contribution is -0.384. The third kappa shape index (κ3) is 3.53. The molecule has 2 rings (SSSR count). The number of benzene rings is 2. The molecule has 0 spiro atoms. The number of rotatable bonds is 4. The second-order valence-corrected chi connectivity index (χ2v) is 5.82. The van der Waals surface area contributed by atoms with Crippen LogP contribution in [0.15, 0.2) is 36.4 Å². The minimum Gasteiger partial charge on any atom is -0.387 e. The predicted octanol–water partition coefficient (Wildman–Crippen LogP) is 3.80. The molecule has 1 amide bonds. The standard InChI is InChI=1S/C15H14IN3O3/c1-9-3-4-10(7-13(9)16)18-15(20)12-8-11(19(21)22)5-6-14(12)17-2/h3-8,17H,1-2H3,(H,18,20). The fourth-order valence-electron chi connectivity index (χ4n) is 1.92. The molecule has 0 aromatic heterocycles. The summed E-state index contributed by atoms with van der Waals surface area (Å²) in [4.78, 5) is 22.7. The van der Waals surface area contributed by atoms with Crippen molar-refractivity contribution in [1.29, 1.82) is 0 Å². The van der Waals surface area contributed by atoms with Crippen LogP contribution in [-0.2, 0) is 0 Å². The van der Waals surface area contributed by atoms with Gasteiger partial charge in [-0.15, -0.1) is 0 Å².